The van der Waals surface area contributed by atoms with Crippen molar-refractivity contribution in [2.75, 3.05) is 0 Å². The van der Waals surface area contributed by atoms with E-state index in [1.54, 1.807) is 0 Å². The maximum atomic E-state index is 10.5. The first kappa shape index (κ1) is 13.3. The van der Waals surface area contributed by atoms with E-state index in [2.05, 4.69) is 0 Å². The summed E-state index contributed by atoms with van der Waals surface area (Å²) in [6.45, 7) is 0. The van der Waals surface area contributed by atoms with Crippen LogP contribution >= 0.6 is 0 Å². The Bertz CT molecular complexity index is 486. The normalized spacial score (nSPS) is 30.1. The maximum absolute atomic E-state index is 10.5. The van der Waals surface area contributed by atoms with E-state index < -0.39 is 12.2 Å². The second-order valence-corrected chi connectivity index (χ2v) is 5.59. The molecule has 1 aliphatic carbocycles. The van der Waals surface area contributed by atoms with Gasteiger partial charge in [0.25, 0.3) is 0 Å². The minimum absolute atomic E-state index is 0.0335. The SMILES string of the molecule is O[C@H]1[C@H](O)[C@H](c2ccccc2)CC[C@H]1c1ccccc1. The van der Waals surface area contributed by atoms with Crippen molar-refractivity contribution in [1.82, 2.24) is 0 Å². The smallest absolute Gasteiger partial charge is 0.0873 e. The van der Waals surface area contributed by atoms with E-state index in [0.717, 1.165) is 24.0 Å². The molecule has 4 atom stereocenters. The van der Waals surface area contributed by atoms with Crippen LogP contribution < -0.4 is 0 Å². The topological polar surface area (TPSA) is 40.5 Å². The number of hydrogen-bond donors (Lipinski definition) is 2. The molecule has 1 aliphatic rings. The Morgan fingerprint density at radius 3 is 1.30 bits per heavy atom. The molecule has 0 bridgehead atoms. The van der Waals surface area contributed by atoms with Gasteiger partial charge in [-0.1, -0.05) is 60.7 Å². The van der Waals surface area contributed by atoms with E-state index >= 15 is 0 Å². The Morgan fingerprint density at radius 1 is 0.600 bits per heavy atom. The second-order valence-electron chi connectivity index (χ2n) is 5.59. The summed E-state index contributed by atoms with van der Waals surface area (Å²) < 4.78 is 0. The Kier molecular flexibility index (Phi) is 3.86. The minimum Gasteiger partial charge on any atom is -0.390 e. The highest BCUT2D eigenvalue weighted by atomic mass is 16.3. The van der Waals surface area contributed by atoms with Crippen molar-refractivity contribution in [1.29, 1.82) is 0 Å². The van der Waals surface area contributed by atoms with Crippen LogP contribution in [0.15, 0.2) is 60.7 Å². The highest BCUT2D eigenvalue weighted by Crippen LogP contribution is 2.40. The molecule has 0 saturated heterocycles. The summed E-state index contributed by atoms with van der Waals surface area (Å²) >= 11 is 0. The zero-order valence-corrected chi connectivity index (χ0v) is 11.4. The van der Waals surface area contributed by atoms with E-state index in [1.165, 1.54) is 0 Å². The van der Waals surface area contributed by atoms with Gasteiger partial charge in [-0.05, 0) is 24.0 Å². The minimum atomic E-state index is -0.698. The molecule has 0 radical (unpaired) electrons. The largest absolute Gasteiger partial charge is 0.390 e. The van der Waals surface area contributed by atoms with Gasteiger partial charge in [0.15, 0.2) is 0 Å². The Balaban J connectivity index is 1.81. The van der Waals surface area contributed by atoms with Gasteiger partial charge >= 0.3 is 0 Å². The zero-order valence-electron chi connectivity index (χ0n) is 11.4. The number of rotatable bonds is 2. The zero-order chi connectivity index (χ0) is 13.9. The standard InChI is InChI=1S/C18H20O2/c19-17-15(13-7-3-1-4-8-13)11-12-16(18(17)20)14-9-5-2-6-10-14/h1-10,15-20H,11-12H2/t15-,16-,17+,18+/m0/s1. The third kappa shape index (κ3) is 2.49. The van der Waals surface area contributed by atoms with Gasteiger partial charge in [0.05, 0.1) is 12.2 Å². The van der Waals surface area contributed by atoms with Gasteiger partial charge in [-0.3, -0.25) is 0 Å². The van der Waals surface area contributed by atoms with Gasteiger partial charge in [-0.2, -0.15) is 0 Å². The van der Waals surface area contributed by atoms with Crippen molar-refractivity contribution in [2.24, 2.45) is 0 Å². The predicted molar refractivity (Wildman–Crippen MR) is 79.6 cm³/mol. The number of hydrogen-bond acceptors (Lipinski definition) is 2. The Morgan fingerprint density at radius 2 is 0.950 bits per heavy atom. The Labute approximate surface area is 119 Å². The first-order valence-electron chi connectivity index (χ1n) is 7.23. The third-order valence-electron chi connectivity index (χ3n) is 4.42. The van der Waals surface area contributed by atoms with Gasteiger partial charge in [0.2, 0.25) is 0 Å². The molecule has 0 spiro atoms. The molecular weight excluding hydrogens is 248 g/mol. The molecule has 2 aromatic carbocycles. The molecule has 2 heteroatoms. The number of aliphatic hydroxyl groups excluding tert-OH is 2. The van der Waals surface area contributed by atoms with Crippen LogP contribution in [-0.4, -0.2) is 22.4 Å². The molecule has 2 aromatic rings. The average Bonchev–Trinajstić information content (AvgIpc) is 2.52. The summed E-state index contributed by atoms with van der Waals surface area (Å²) in [4.78, 5) is 0. The molecule has 0 heterocycles. The molecule has 1 fully saturated rings. The quantitative estimate of drug-likeness (QED) is 0.878. The van der Waals surface area contributed by atoms with Gasteiger partial charge in [0.1, 0.15) is 0 Å². The lowest BCUT2D eigenvalue weighted by Gasteiger charge is -2.38. The maximum Gasteiger partial charge on any atom is 0.0873 e. The molecule has 0 aromatic heterocycles. The van der Waals surface area contributed by atoms with Gasteiger partial charge in [0, 0.05) is 11.8 Å². The molecule has 3 rings (SSSR count). The Hall–Kier alpha value is -1.64. The fourth-order valence-electron chi connectivity index (χ4n) is 3.30. The molecule has 0 unspecified atom stereocenters. The summed E-state index contributed by atoms with van der Waals surface area (Å²) in [5.41, 5.74) is 2.23. The van der Waals surface area contributed by atoms with Crippen LogP contribution in [0.5, 0.6) is 0 Å². The molecule has 2 nitrogen and oxygen atoms in total. The molecular formula is C18H20O2. The summed E-state index contributed by atoms with van der Waals surface area (Å²) in [6, 6.07) is 20.0. The number of benzene rings is 2. The fraction of sp³-hybridized carbons (Fsp3) is 0.333. The highest BCUT2D eigenvalue weighted by molar-refractivity contribution is 5.27. The summed E-state index contributed by atoms with van der Waals surface area (Å²) in [5.74, 6) is 0.0670. The fourth-order valence-corrected chi connectivity index (χ4v) is 3.30. The van der Waals surface area contributed by atoms with Crippen LogP contribution in [0.4, 0.5) is 0 Å². The van der Waals surface area contributed by atoms with Crippen LogP contribution in [-0.2, 0) is 0 Å². The lowest BCUT2D eigenvalue weighted by atomic mass is 9.72. The molecule has 1 saturated carbocycles. The molecule has 104 valence electrons. The van der Waals surface area contributed by atoms with Crippen molar-refractivity contribution in [3.63, 3.8) is 0 Å². The molecule has 0 aliphatic heterocycles. The van der Waals surface area contributed by atoms with E-state index in [0.29, 0.717) is 0 Å². The van der Waals surface area contributed by atoms with Crippen LogP contribution in [0.2, 0.25) is 0 Å². The van der Waals surface area contributed by atoms with Crippen molar-refractivity contribution in [3.8, 4) is 0 Å². The monoisotopic (exact) mass is 268 g/mol. The molecule has 20 heavy (non-hydrogen) atoms. The first-order chi connectivity index (χ1) is 9.77. The molecule has 2 N–H and O–H groups in total. The van der Waals surface area contributed by atoms with Crippen LogP contribution in [0.25, 0.3) is 0 Å². The van der Waals surface area contributed by atoms with E-state index in [9.17, 15) is 10.2 Å². The van der Waals surface area contributed by atoms with E-state index in [4.69, 9.17) is 0 Å². The highest BCUT2D eigenvalue weighted by Gasteiger charge is 2.38. The summed E-state index contributed by atoms with van der Waals surface area (Å²) in [7, 11) is 0. The van der Waals surface area contributed by atoms with Gasteiger partial charge in [-0.25, -0.2) is 0 Å². The molecule has 0 amide bonds. The first-order valence-corrected chi connectivity index (χ1v) is 7.23. The van der Waals surface area contributed by atoms with Crippen molar-refractivity contribution >= 4 is 0 Å². The van der Waals surface area contributed by atoms with Gasteiger partial charge < -0.3 is 10.2 Å². The third-order valence-corrected chi connectivity index (χ3v) is 4.42. The van der Waals surface area contributed by atoms with Crippen LogP contribution in [0.1, 0.15) is 35.8 Å². The second kappa shape index (κ2) is 5.78. The summed E-state index contributed by atoms with van der Waals surface area (Å²) in [5, 5.41) is 20.9. The predicted octanol–water partition coefficient (Wildman–Crippen LogP) is 3.07. The van der Waals surface area contributed by atoms with Gasteiger partial charge in [-0.15, -0.1) is 0 Å². The van der Waals surface area contributed by atoms with Crippen molar-refractivity contribution in [2.45, 2.75) is 36.9 Å². The van der Waals surface area contributed by atoms with Crippen molar-refractivity contribution < 1.29 is 10.2 Å². The lowest BCUT2D eigenvalue weighted by Crippen LogP contribution is -2.41. The van der Waals surface area contributed by atoms with Crippen LogP contribution in [0, 0.1) is 0 Å². The number of aliphatic hydroxyl groups is 2. The van der Waals surface area contributed by atoms with E-state index in [-0.39, 0.29) is 11.8 Å². The van der Waals surface area contributed by atoms with E-state index in [1.807, 2.05) is 60.7 Å². The summed E-state index contributed by atoms with van der Waals surface area (Å²) in [6.07, 6.45) is 0.413. The van der Waals surface area contributed by atoms with Crippen LogP contribution in [0.3, 0.4) is 0 Å². The van der Waals surface area contributed by atoms with Crippen molar-refractivity contribution in [3.05, 3.63) is 71.8 Å². The lowest BCUT2D eigenvalue weighted by molar-refractivity contribution is -0.0361. The average molecular weight is 268 g/mol.